The predicted octanol–water partition coefficient (Wildman–Crippen LogP) is 2.79. The highest BCUT2D eigenvalue weighted by Crippen LogP contribution is 2.22. The number of hydrogen-bond acceptors (Lipinski definition) is 5. The van der Waals surface area contributed by atoms with Gasteiger partial charge in [-0.25, -0.2) is 0 Å². The zero-order valence-corrected chi connectivity index (χ0v) is 20.5. The molecule has 0 saturated heterocycles. The molecule has 0 aliphatic carbocycles. The molecule has 0 saturated carbocycles. The third-order valence-electron chi connectivity index (χ3n) is 5.49. The summed E-state index contributed by atoms with van der Waals surface area (Å²) in [6.07, 6.45) is 4.69. The lowest BCUT2D eigenvalue weighted by atomic mass is 10.0. The topological polar surface area (TPSA) is 83.4 Å². The first kappa shape index (κ1) is 24.9. The van der Waals surface area contributed by atoms with Gasteiger partial charge >= 0.3 is 0 Å². The molecule has 8 nitrogen and oxygen atoms in total. The normalized spacial score (nSPS) is 15.1. The lowest BCUT2D eigenvalue weighted by Gasteiger charge is -2.22. The first-order valence-corrected chi connectivity index (χ1v) is 11.7. The van der Waals surface area contributed by atoms with Crippen LogP contribution in [0.1, 0.15) is 43.5 Å². The van der Waals surface area contributed by atoms with Crippen LogP contribution < -0.4 is 5.32 Å². The molecule has 1 N–H and O–H groups in total. The van der Waals surface area contributed by atoms with E-state index in [-0.39, 0.29) is 17.9 Å². The van der Waals surface area contributed by atoms with Crippen molar-refractivity contribution in [1.82, 2.24) is 29.9 Å². The Morgan fingerprint density at radius 3 is 2.64 bits per heavy atom. The second-order valence-electron chi connectivity index (χ2n) is 9.04. The highest BCUT2D eigenvalue weighted by Gasteiger charge is 2.26. The van der Waals surface area contributed by atoms with E-state index in [1.54, 1.807) is 18.2 Å². The molecule has 1 atom stereocenters. The van der Waals surface area contributed by atoms with Crippen molar-refractivity contribution >= 4 is 29.5 Å². The summed E-state index contributed by atoms with van der Waals surface area (Å²) in [6, 6.07) is 7.21. The van der Waals surface area contributed by atoms with Crippen LogP contribution in [0, 0.1) is 5.92 Å². The van der Waals surface area contributed by atoms with E-state index in [0.717, 1.165) is 23.6 Å². The van der Waals surface area contributed by atoms with E-state index in [0.29, 0.717) is 43.5 Å². The molecule has 33 heavy (non-hydrogen) atoms. The second kappa shape index (κ2) is 11.4. The minimum absolute atomic E-state index is 0.0434. The number of rotatable bonds is 8. The van der Waals surface area contributed by atoms with E-state index >= 15 is 0 Å². The number of nitrogens with zero attached hydrogens (tertiary/aromatic N) is 5. The predicted molar refractivity (Wildman–Crippen MR) is 130 cm³/mol. The monoisotopic (exact) mass is 472 g/mol. The zero-order chi connectivity index (χ0) is 24.0. The van der Waals surface area contributed by atoms with Gasteiger partial charge in [-0.1, -0.05) is 43.6 Å². The Morgan fingerprint density at radius 1 is 1.18 bits per heavy atom. The molecule has 0 unspecified atom stereocenters. The van der Waals surface area contributed by atoms with E-state index in [1.165, 1.54) is 0 Å². The summed E-state index contributed by atoms with van der Waals surface area (Å²) in [7, 11) is 3.73. The summed E-state index contributed by atoms with van der Waals surface area (Å²) >= 11 is 6.19. The molecule has 0 spiro atoms. The van der Waals surface area contributed by atoms with Gasteiger partial charge < -0.3 is 19.7 Å². The smallest absolute Gasteiger partial charge is 0.246 e. The minimum atomic E-state index is -0.221. The number of halogens is 1. The van der Waals surface area contributed by atoms with E-state index in [9.17, 15) is 9.59 Å². The molecule has 2 heterocycles. The average molecular weight is 473 g/mol. The van der Waals surface area contributed by atoms with E-state index in [2.05, 4.69) is 33.9 Å². The average Bonchev–Trinajstić information content (AvgIpc) is 3.02. The van der Waals surface area contributed by atoms with Crippen molar-refractivity contribution in [3.8, 4) is 0 Å². The Bertz CT molecular complexity index is 1000. The number of aromatic nitrogens is 3. The molecule has 1 aliphatic heterocycles. The number of benzene rings is 1. The van der Waals surface area contributed by atoms with Gasteiger partial charge in [-0.2, -0.15) is 0 Å². The Morgan fingerprint density at radius 2 is 1.94 bits per heavy atom. The number of carbonyl (C=O) groups excluding carboxylic acids is 2. The lowest BCUT2D eigenvalue weighted by molar-refractivity contribution is -0.126. The van der Waals surface area contributed by atoms with Crippen LogP contribution in [0.3, 0.4) is 0 Å². The summed E-state index contributed by atoms with van der Waals surface area (Å²) in [5.41, 5.74) is 0.812. The number of hydrogen-bond donors (Lipinski definition) is 1. The molecule has 178 valence electrons. The first-order chi connectivity index (χ1) is 15.7. The summed E-state index contributed by atoms with van der Waals surface area (Å²) in [5.74, 6) is 1.87. The summed E-state index contributed by atoms with van der Waals surface area (Å²) in [4.78, 5) is 28.9. The standard InChI is InChI=1S/C24H33ClN6O2/c1-17(2)15-20(26-22(32)16-29(3)4)24-28-27-21-11-12-30(13-14-31(21)24)23(33)10-9-18-7-5-6-8-19(18)25/h5-10,17,20H,11-16H2,1-4H3,(H,26,32)/b10-9+/t20-/m0/s1. The van der Waals surface area contributed by atoms with Crippen LogP contribution in [0.15, 0.2) is 30.3 Å². The van der Waals surface area contributed by atoms with Crippen LogP contribution >= 0.6 is 11.6 Å². The van der Waals surface area contributed by atoms with Crippen molar-refractivity contribution < 1.29 is 9.59 Å². The highest BCUT2D eigenvalue weighted by atomic mass is 35.5. The molecule has 1 aromatic heterocycles. The maximum Gasteiger partial charge on any atom is 0.246 e. The van der Waals surface area contributed by atoms with Gasteiger partial charge in [-0.05, 0) is 44.1 Å². The van der Waals surface area contributed by atoms with Gasteiger partial charge in [0.1, 0.15) is 5.82 Å². The van der Waals surface area contributed by atoms with Gasteiger partial charge in [-0.3, -0.25) is 9.59 Å². The van der Waals surface area contributed by atoms with Crippen molar-refractivity contribution in [2.24, 2.45) is 5.92 Å². The third kappa shape index (κ3) is 6.88. The van der Waals surface area contributed by atoms with Gasteiger partial charge in [0.2, 0.25) is 11.8 Å². The maximum atomic E-state index is 12.8. The van der Waals surface area contributed by atoms with E-state index < -0.39 is 0 Å². The highest BCUT2D eigenvalue weighted by molar-refractivity contribution is 6.32. The van der Waals surface area contributed by atoms with E-state index in [4.69, 9.17) is 11.6 Å². The third-order valence-corrected chi connectivity index (χ3v) is 5.84. The van der Waals surface area contributed by atoms with Crippen LogP contribution in [-0.4, -0.2) is 70.1 Å². The Hall–Kier alpha value is -2.71. The Labute approximate surface area is 200 Å². The zero-order valence-electron chi connectivity index (χ0n) is 19.8. The Balaban J connectivity index is 1.71. The molecule has 0 bridgehead atoms. The number of carbonyl (C=O) groups is 2. The van der Waals surface area contributed by atoms with E-state index in [1.807, 2.05) is 42.1 Å². The molecule has 0 fully saturated rings. The number of amides is 2. The fourth-order valence-corrected chi connectivity index (χ4v) is 4.13. The first-order valence-electron chi connectivity index (χ1n) is 11.3. The SMILES string of the molecule is CC(C)C[C@H](NC(=O)CN(C)C)c1nnc2n1CCN(C(=O)/C=C/c1ccccc1Cl)CC2. The molecule has 1 aliphatic rings. The Kier molecular flexibility index (Phi) is 8.63. The molecule has 0 radical (unpaired) electrons. The van der Waals surface area contributed by atoms with Crippen molar-refractivity contribution in [2.45, 2.75) is 39.3 Å². The minimum Gasteiger partial charge on any atom is -0.345 e. The quantitative estimate of drug-likeness (QED) is 0.597. The summed E-state index contributed by atoms with van der Waals surface area (Å²) in [5, 5.41) is 12.6. The van der Waals surface area contributed by atoms with Crippen molar-refractivity contribution in [3.05, 3.63) is 52.6 Å². The van der Waals surface area contributed by atoms with Crippen LogP contribution in [0.4, 0.5) is 0 Å². The van der Waals surface area contributed by atoms with Crippen LogP contribution in [-0.2, 0) is 22.6 Å². The van der Waals surface area contributed by atoms with Gasteiger partial charge in [0.05, 0.1) is 12.6 Å². The molecule has 9 heteroatoms. The molecular formula is C24H33ClN6O2. The fraction of sp³-hybridized carbons (Fsp3) is 0.500. The molecule has 2 amide bonds. The van der Waals surface area contributed by atoms with Gasteiger partial charge in [0.15, 0.2) is 5.82 Å². The summed E-state index contributed by atoms with van der Waals surface area (Å²) < 4.78 is 2.06. The second-order valence-corrected chi connectivity index (χ2v) is 9.45. The number of fused-ring (bicyclic) bond motifs is 1. The van der Waals surface area contributed by atoms with Crippen molar-refractivity contribution in [1.29, 1.82) is 0 Å². The van der Waals surface area contributed by atoms with Crippen LogP contribution in [0.25, 0.3) is 6.08 Å². The maximum absolute atomic E-state index is 12.8. The summed E-state index contributed by atoms with van der Waals surface area (Å²) in [6.45, 7) is 6.25. The van der Waals surface area contributed by atoms with Crippen LogP contribution in [0.5, 0.6) is 0 Å². The molecule has 2 aromatic rings. The van der Waals surface area contributed by atoms with Crippen molar-refractivity contribution in [2.75, 3.05) is 33.7 Å². The van der Waals surface area contributed by atoms with Crippen LogP contribution in [0.2, 0.25) is 5.02 Å². The molecule has 1 aromatic carbocycles. The fourth-order valence-electron chi connectivity index (χ4n) is 3.93. The number of nitrogens with one attached hydrogen (secondary N) is 1. The van der Waals surface area contributed by atoms with Gasteiger partial charge in [0.25, 0.3) is 0 Å². The largest absolute Gasteiger partial charge is 0.345 e. The van der Waals surface area contributed by atoms with Crippen molar-refractivity contribution in [3.63, 3.8) is 0 Å². The van der Waals surface area contributed by atoms with Gasteiger partial charge in [-0.15, -0.1) is 10.2 Å². The number of likely N-dealkylation sites (N-methyl/N-ethyl adjacent to an activating group) is 1. The molecular weight excluding hydrogens is 440 g/mol. The molecule has 3 rings (SSSR count). The van der Waals surface area contributed by atoms with Gasteiger partial charge in [0, 0.05) is 37.2 Å². The lowest BCUT2D eigenvalue weighted by Crippen LogP contribution is -2.37.